The lowest BCUT2D eigenvalue weighted by Crippen LogP contribution is -2.10. The van der Waals surface area contributed by atoms with Crippen LogP contribution in [0.1, 0.15) is 41.2 Å². The predicted octanol–water partition coefficient (Wildman–Crippen LogP) is 15.6. The Labute approximate surface area is 330 Å². The van der Waals surface area contributed by atoms with Gasteiger partial charge in [-0.2, -0.15) is 0 Å². The van der Waals surface area contributed by atoms with Gasteiger partial charge in [-0.15, -0.1) is 0 Å². The van der Waals surface area contributed by atoms with Gasteiger partial charge in [-0.1, -0.05) is 171 Å². The minimum atomic E-state index is 0.0360. The van der Waals surface area contributed by atoms with Crippen LogP contribution in [0, 0.1) is 19.3 Å². The van der Waals surface area contributed by atoms with E-state index in [1.807, 2.05) is 0 Å². The fourth-order valence-electron chi connectivity index (χ4n) is 8.26. The van der Waals surface area contributed by atoms with E-state index in [1.54, 1.807) is 0 Å². The van der Waals surface area contributed by atoms with E-state index in [4.69, 9.17) is 0 Å². The Morgan fingerprint density at radius 3 is 1.75 bits per heavy atom. The molecule has 0 fully saturated rings. The van der Waals surface area contributed by atoms with Crippen LogP contribution in [-0.2, 0) is 0 Å². The van der Waals surface area contributed by atoms with Gasteiger partial charge in [0.25, 0.3) is 0 Å². The summed E-state index contributed by atoms with van der Waals surface area (Å²) in [5, 5.41) is 7.56. The molecule has 0 bridgehead atoms. The van der Waals surface area contributed by atoms with Crippen LogP contribution in [0.4, 0.5) is 17.1 Å². The monoisotopic (exact) mass is 719 g/mol. The van der Waals surface area contributed by atoms with E-state index in [0.717, 1.165) is 23.5 Å². The molecule has 1 atom stereocenters. The van der Waals surface area contributed by atoms with Crippen molar-refractivity contribution in [1.29, 1.82) is 0 Å². The molecule has 0 N–H and O–H groups in total. The van der Waals surface area contributed by atoms with Crippen molar-refractivity contribution in [3.63, 3.8) is 0 Å². The molecule has 0 heterocycles. The Balaban J connectivity index is 1.16. The number of benzene rings is 8. The van der Waals surface area contributed by atoms with Crippen LogP contribution in [0.15, 0.2) is 188 Å². The predicted molar refractivity (Wildman–Crippen MR) is 244 cm³/mol. The third kappa shape index (κ3) is 6.89. The quantitative estimate of drug-likeness (QED) is 0.112. The third-order valence-electron chi connectivity index (χ3n) is 11.4. The van der Waals surface area contributed by atoms with Gasteiger partial charge in [0.05, 0.1) is 0 Å². The first kappa shape index (κ1) is 35.0. The molecule has 9 rings (SSSR count). The van der Waals surface area contributed by atoms with E-state index < -0.39 is 0 Å². The van der Waals surface area contributed by atoms with Crippen LogP contribution >= 0.6 is 0 Å². The van der Waals surface area contributed by atoms with Crippen molar-refractivity contribution in [3.05, 3.63) is 216 Å². The normalized spacial score (nSPS) is 15.5. The zero-order chi connectivity index (χ0) is 38.1. The van der Waals surface area contributed by atoms with Gasteiger partial charge in [0.15, 0.2) is 0 Å². The molecule has 0 spiro atoms. The summed E-state index contributed by atoms with van der Waals surface area (Å²) in [6.07, 6.45) is 18.8. The summed E-state index contributed by atoms with van der Waals surface area (Å²) in [5.74, 6) is 0. The average molecular weight is 720 g/mol. The van der Waals surface area contributed by atoms with Gasteiger partial charge in [0.2, 0.25) is 0 Å². The highest BCUT2D eigenvalue weighted by molar-refractivity contribution is 6.26. The number of nitrogens with zero attached hydrogens (tertiary/aromatic N) is 1. The fraction of sp³-hybridized carbons (Fsp3) is 0.0909. The molecule has 1 aliphatic carbocycles. The molecule has 270 valence electrons. The highest BCUT2D eigenvalue weighted by Gasteiger charge is 2.19. The number of hydrogen-bond acceptors (Lipinski definition) is 1. The van der Waals surface area contributed by atoms with E-state index >= 15 is 0 Å². The first-order valence-corrected chi connectivity index (χ1v) is 19.6. The van der Waals surface area contributed by atoms with Gasteiger partial charge < -0.3 is 4.90 Å². The van der Waals surface area contributed by atoms with Crippen LogP contribution < -0.4 is 4.90 Å². The number of aryl methyl sites for hydroxylation is 2. The molecule has 0 amide bonds. The summed E-state index contributed by atoms with van der Waals surface area (Å²) < 4.78 is 0. The number of fused-ring (bicyclic) bond motifs is 6. The van der Waals surface area contributed by atoms with Crippen molar-refractivity contribution in [1.82, 2.24) is 0 Å². The molecular weight excluding hydrogens is 675 g/mol. The molecule has 1 nitrogen and oxygen atoms in total. The molecule has 0 aliphatic heterocycles. The van der Waals surface area contributed by atoms with E-state index in [-0.39, 0.29) is 5.41 Å². The van der Waals surface area contributed by atoms with E-state index in [2.05, 4.69) is 232 Å². The van der Waals surface area contributed by atoms with Gasteiger partial charge in [-0.05, 0) is 134 Å². The highest BCUT2D eigenvalue weighted by Crippen LogP contribution is 2.42. The lowest BCUT2D eigenvalue weighted by molar-refractivity contribution is 0.559. The summed E-state index contributed by atoms with van der Waals surface area (Å²) in [7, 11) is 0. The molecule has 0 saturated heterocycles. The van der Waals surface area contributed by atoms with E-state index in [1.165, 1.54) is 71.3 Å². The number of anilines is 3. The minimum absolute atomic E-state index is 0.0360. The zero-order valence-corrected chi connectivity index (χ0v) is 32.3. The molecule has 0 aromatic heterocycles. The average Bonchev–Trinajstić information content (AvgIpc) is 3.24. The molecule has 1 aliphatic rings. The molecule has 56 heavy (non-hydrogen) atoms. The van der Waals surface area contributed by atoms with Crippen LogP contribution in [0.5, 0.6) is 0 Å². The maximum absolute atomic E-state index is 2.41. The van der Waals surface area contributed by atoms with Crippen LogP contribution in [0.25, 0.3) is 61.7 Å². The van der Waals surface area contributed by atoms with Crippen molar-refractivity contribution >= 4 is 67.6 Å². The topological polar surface area (TPSA) is 3.24 Å². The van der Waals surface area contributed by atoms with Crippen molar-refractivity contribution in [2.45, 2.75) is 27.2 Å². The fourth-order valence-corrected chi connectivity index (χ4v) is 8.26. The lowest BCUT2D eigenvalue weighted by Gasteiger charge is -2.27. The van der Waals surface area contributed by atoms with Crippen LogP contribution in [-0.4, -0.2) is 0 Å². The van der Waals surface area contributed by atoms with Crippen LogP contribution in [0.2, 0.25) is 0 Å². The Hall–Kier alpha value is -6.70. The molecule has 0 radical (unpaired) electrons. The smallest absolute Gasteiger partial charge is 0.0468 e. The van der Waals surface area contributed by atoms with E-state index in [9.17, 15) is 0 Å². The molecular formula is C55H45N. The first-order chi connectivity index (χ1) is 27.4. The Morgan fingerprint density at radius 2 is 1.02 bits per heavy atom. The van der Waals surface area contributed by atoms with E-state index in [0.29, 0.717) is 0 Å². The van der Waals surface area contributed by atoms with Gasteiger partial charge in [-0.25, -0.2) is 0 Å². The largest absolute Gasteiger partial charge is 0.310 e. The van der Waals surface area contributed by atoms with Gasteiger partial charge in [-0.3, -0.25) is 0 Å². The first-order valence-electron chi connectivity index (χ1n) is 19.6. The Morgan fingerprint density at radius 1 is 0.446 bits per heavy atom. The maximum Gasteiger partial charge on any atom is 0.0468 e. The Bertz CT molecular complexity index is 2830. The van der Waals surface area contributed by atoms with Gasteiger partial charge >= 0.3 is 0 Å². The molecule has 8 aromatic rings. The van der Waals surface area contributed by atoms with Crippen LogP contribution in [0.3, 0.4) is 0 Å². The van der Waals surface area contributed by atoms with Crippen molar-refractivity contribution in [2.24, 2.45) is 5.41 Å². The molecule has 0 saturated carbocycles. The number of hydrogen-bond donors (Lipinski definition) is 0. The summed E-state index contributed by atoms with van der Waals surface area (Å²) in [6, 6.07) is 57.8. The summed E-state index contributed by atoms with van der Waals surface area (Å²) in [4.78, 5) is 2.41. The van der Waals surface area contributed by atoms with Crippen molar-refractivity contribution < 1.29 is 0 Å². The van der Waals surface area contributed by atoms with Crippen molar-refractivity contribution in [2.75, 3.05) is 4.90 Å². The minimum Gasteiger partial charge on any atom is -0.310 e. The lowest BCUT2D eigenvalue weighted by atomic mass is 9.83. The second-order valence-corrected chi connectivity index (χ2v) is 15.4. The van der Waals surface area contributed by atoms with Gasteiger partial charge in [0, 0.05) is 22.5 Å². The summed E-state index contributed by atoms with van der Waals surface area (Å²) in [5.41, 5.74) is 12.1. The standard InChI is InChI=1S/C55H45N/c1-39-14-8-9-17-47(39)48-30-27-45(36-40(48)2)56(44-25-22-42(23-26-44)32-35-55(3)33-12-5-13-34-55)46-28-31-52-51-29-24-43(21-20-41-15-6-4-7-16-41)37-53(51)49-18-10-11-19-50(49)54(52)38-46/h4-33,35-38H,34H2,1-3H3/b21-20+,35-32+. The zero-order valence-electron chi connectivity index (χ0n) is 32.3. The third-order valence-corrected chi connectivity index (χ3v) is 11.4. The Kier molecular flexibility index (Phi) is 9.29. The van der Waals surface area contributed by atoms with Gasteiger partial charge in [0.1, 0.15) is 0 Å². The number of allylic oxidation sites excluding steroid dienone is 5. The summed E-state index contributed by atoms with van der Waals surface area (Å²) >= 11 is 0. The van der Waals surface area contributed by atoms with Crippen molar-refractivity contribution in [3.8, 4) is 11.1 Å². The second-order valence-electron chi connectivity index (χ2n) is 15.4. The molecule has 1 unspecified atom stereocenters. The summed E-state index contributed by atoms with van der Waals surface area (Å²) in [6.45, 7) is 6.71. The number of rotatable bonds is 8. The SMILES string of the molecule is Cc1ccccc1-c1ccc(N(c2ccc(/C=C/C3(C)C=CC=CC3)cc2)c2ccc3c4ccc(/C=C/c5ccccc5)cc4c4ccccc4c3c2)cc1C. The molecule has 8 aromatic carbocycles. The second kappa shape index (κ2) is 14.9. The maximum atomic E-state index is 2.41. The molecule has 1 heteroatoms. The highest BCUT2D eigenvalue weighted by atomic mass is 15.1.